The van der Waals surface area contributed by atoms with Crippen LogP contribution in [0.2, 0.25) is 0 Å². The number of ether oxygens (including phenoxy) is 2. The quantitative estimate of drug-likeness (QED) is 0.805. The molecular formula is C16H15NO4. The van der Waals surface area contributed by atoms with Crippen LogP contribution in [0.4, 0.5) is 0 Å². The summed E-state index contributed by atoms with van der Waals surface area (Å²) >= 11 is 0. The van der Waals surface area contributed by atoms with Gasteiger partial charge in [0.05, 0.1) is 18.7 Å². The predicted octanol–water partition coefficient (Wildman–Crippen LogP) is 3.39. The number of hydrogen-bond donors (Lipinski definition) is 0. The van der Waals surface area contributed by atoms with E-state index in [4.69, 9.17) is 14.4 Å². The van der Waals surface area contributed by atoms with Gasteiger partial charge in [0.1, 0.15) is 11.5 Å². The van der Waals surface area contributed by atoms with Gasteiger partial charge in [-0.3, -0.25) is 0 Å². The lowest BCUT2D eigenvalue weighted by atomic mass is 10.1. The maximum atomic E-state index is 11.4. The lowest BCUT2D eigenvalue weighted by Crippen LogP contribution is -2.04. The lowest BCUT2D eigenvalue weighted by molar-refractivity contribution is 0.0558. The number of rotatable bonds is 4. The van der Waals surface area contributed by atoms with Crippen LogP contribution in [0.25, 0.3) is 0 Å². The highest BCUT2D eigenvalue weighted by Crippen LogP contribution is 2.27. The van der Waals surface area contributed by atoms with E-state index in [2.05, 4.69) is 10.8 Å². The molecule has 0 amide bonds. The number of benzene rings is 1. The minimum absolute atomic E-state index is 0.130. The molecule has 5 nitrogen and oxygen atoms in total. The number of esters is 1. The summed E-state index contributed by atoms with van der Waals surface area (Å²) in [6, 6.07) is 10.5. The Bertz CT molecular complexity index is 697. The normalized spacial score (nSPS) is 11.5. The molecule has 1 unspecified atom stereocenters. The van der Waals surface area contributed by atoms with Crippen molar-refractivity contribution in [1.82, 2.24) is 0 Å². The maximum absolute atomic E-state index is 11.4. The van der Waals surface area contributed by atoms with Crippen LogP contribution in [0.15, 0.2) is 34.7 Å². The Morgan fingerprint density at radius 1 is 1.33 bits per heavy atom. The van der Waals surface area contributed by atoms with Crippen molar-refractivity contribution in [3.05, 3.63) is 53.0 Å². The molecule has 0 bridgehead atoms. The van der Waals surface area contributed by atoms with Crippen LogP contribution in [0.5, 0.6) is 5.75 Å². The topological polar surface area (TPSA) is 72.5 Å². The molecule has 0 saturated heterocycles. The maximum Gasteiger partial charge on any atom is 0.373 e. The monoisotopic (exact) mass is 285 g/mol. The molecule has 0 aliphatic carbocycles. The number of carbonyl (C=O) groups excluding carboxylic acids is 1. The smallest absolute Gasteiger partial charge is 0.373 e. The summed E-state index contributed by atoms with van der Waals surface area (Å²) in [6.07, 6.45) is -0.393. The number of nitrogens with zero attached hydrogens (tertiary/aromatic N) is 1. The Morgan fingerprint density at radius 2 is 2.10 bits per heavy atom. The fourth-order valence-electron chi connectivity index (χ4n) is 1.83. The highest BCUT2D eigenvalue weighted by atomic mass is 16.5. The molecule has 5 heteroatoms. The molecule has 1 heterocycles. The van der Waals surface area contributed by atoms with Crippen molar-refractivity contribution in [3.63, 3.8) is 0 Å². The van der Waals surface area contributed by atoms with Crippen molar-refractivity contribution in [1.29, 1.82) is 5.26 Å². The first-order valence-electron chi connectivity index (χ1n) is 6.40. The fourth-order valence-corrected chi connectivity index (χ4v) is 1.83. The fraction of sp³-hybridized carbons (Fsp3) is 0.250. The second-order valence-electron chi connectivity index (χ2n) is 4.55. The Kier molecular flexibility index (Phi) is 4.29. The van der Waals surface area contributed by atoms with E-state index >= 15 is 0 Å². The van der Waals surface area contributed by atoms with E-state index in [1.165, 1.54) is 7.11 Å². The summed E-state index contributed by atoms with van der Waals surface area (Å²) in [4.78, 5) is 11.4. The van der Waals surface area contributed by atoms with Gasteiger partial charge >= 0.3 is 5.97 Å². The van der Waals surface area contributed by atoms with Crippen LogP contribution < -0.4 is 4.74 Å². The second-order valence-corrected chi connectivity index (χ2v) is 4.55. The van der Waals surface area contributed by atoms with Crippen LogP contribution in [-0.2, 0) is 4.74 Å². The van der Waals surface area contributed by atoms with Crippen LogP contribution in [0.1, 0.15) is 40.5 Å². The van der Waals surface area contributed by atoms with Gasteiger partial charge in [0.25, 0.3) is 0 Å². The summed E-state index contributed by atoms with van der Waals surface area (Å²) in [5.41, 5.74) is 1.44. The molecule has 1 atom stereocenters. The van der Waals surface area contributed by atoms with Gasteiger partial charge in [0.15, 0.2) is 6.10 Å². The number of nitriles is 1. The molecule has 2 rings (SSSR count). The number of furan rings is 1. The van der Waals surface area contributed by atoms with Crippen molar-refractivity contribution in [3.8, 4) is 11.8 Å². The van der Waals surface area contributed by atoms with E-state index in [1.54, 1.807) is 31.2 Å². The molecule has 0 fully saturated rings. The summed E-state index contributed by atoms with van der Waals surface area (Å²) in [6.45, 7) is 3.70. The zero-order chi connectivity index (χ0) is 15.4. The van der Waals surface area contributed by atoms with Gasteiger partial charge in [-0.05, 0) is 43.7 Å². The van der Waals surface area contributed by atoms with Gasteiger partial charge in [0.2, 0.25) is 5.76 Å². The Labute approximate surface area is 122 Å². The molecule has 108 valence electrons. The van der Waals surface area contributed by atoms with E-state index in [0.717, 1.165) is 5.56 Å². The van der Waals surface area contributed by atoms with Gasteiger partial charge in [-0.2, -0.15) is 5.26 Å². The molecule has 21 heavy (non-hydrogen) atoms. The SMILES string of the molecule is COC(=O)c1ccc(C(C)Oc2cc(C#N)ccc2C)o1. The van der Waals surface area contributed by atoms with E-state index in [-0.39, 0.29) is 5.76 Å². The number of hydrogen-bond acceptors (Lipinski definition) is 5. The summed E-state index contributed by atoms with van der Waals surface area (Å²) in [7, 11) is 1.29. The average molecular weight is 285 g/mol. The van der Waals surface area contributed by atoms with E-state index in [1.807, 2.05) is 13.0 Å². The molecule has 2 aromatic rings. The van der Waals surface area contributed by atoms with Gasteiger partial charge < -0.3 is 13.9 Å². The Hall–Kier alpha value is -2.74. The first kappa shape index (κ1) is 14.7. The van der Waals surface area contributed by atoms with Crippen molar-refractivity contribution in [2.45, 2.75) is 20.0 Å². The summed E-state index contributed by atoms with van der Waals surface area (Å²) in [5.74, 6) is 0.719. The summed E-state index contributed by atoms with van der Waals surface area (Å²) < 4.78 is 15.8. The van der Waals surface area contributed by atoms with E-state index in [9.17, 15) is 4.79 Å². The van der Waals surface area contributed by atoms with Gasteiger partial charge in [0, 0.05) is 0 Å². The van der Waals surface area contributed by atoms with Gasteiger partial charge in [-0.15, -0.1) is 0 Å². The third-order valence-corrected chi connectivity index (χ3v) is 3.04. The van der Waals surface area contributed by atoms with Crippen molar-refractivity contribution in [2.24, 2.45) is 0 Å². The third-order valence-electron chi connectivity index (χ3n) is 3.04. The zero-order valence-electron chi connectivity index (χ0n) is 12.0. The molecule has 1 aromatic carbocycles. The Balaban J connectivity index is 2.18. The largest absolute Gasteiger partial charge is 0.482 e. The number of carbonyl (C=O) groups is 1. The standard InChI is InChI=1S/C16H15NO4/c1-10-4-5-12(9-17)8-15(10)20-11(2)13-6-7-14(21-13)16(18)19-3/h4-8,11H,1-3H3. The molecule has 0 aliphatic rings. The van der Waals surface area contributed by atoms with Crippen molar-refractivity contribution in [2.75, 3.05) is 7.11 Å². The van der Waals surface area contributed by atoms with Gasteiger partial charge in [-0.1, -0.05) is 6.07 Å². The average Bonchev–Trinajstić information content (AvgIpc) is 2.98. The zero-order valence-corrected chi connectivity index (χ0v) is 12.0. The lowest BCUT2D eigenvalue weighted by Gasteiger charge is -2.14. The van der Waals surface area contributed by atoms with Crippen LogP contribution in [0.3, 0.4) is 0 Å². The highest BCUT2D eigenvalue weighted by Gasteiger charge is 2.17. The van der Waals surface area contributed by atoms with Crippen molar-refractivity contribution >= 4 is 5.97 Å². The van der Waals surface area contributed by atoms with Crippen LogP contribution in [0, 0.1) is 18.3 Å². The minimum Gasteiger partial charge on any atom is -0.482 e. The minimum atomic E-state index is -0.531. The first-order chi connectivity index (χ1) is 10.0. The van der Waals surface area contributed by atoms with Crippen LogP contribution >= 0.6 is 0 Å². The third kappa shape index (κ3) is 3.23. The second kappa shape index (κ2) is 6.14. The molecule has 0 spiro atoms. The molecule has 0 aliphatic heterocycles. The molecular weight excluding hydrogens is 270 g/mol. The van der Waals surface area contributed by atoms with E-state index < -0.39 is 12.1 Å². The first-order valence-corrected chi connectivity index (χ1v) is 6.40. The molecule has 0 saturated carbocycles. The Morgan fingerprint density at radius 3 is 2.76 bits per heavy atom. The molecule has 1 aromatic heterocycles. The molecule has 0 N–H and O–H groups in total. The molecule has 0 radical (unpaired) electrons. The van der Waals surface area contributed by atoms with Crippen molar-refractivity contribution < 1.29 is 18.7 Å². The number of aryl methyl sites for hydroxylation is 1. The summed E-state index contributed by atoms with van der Waals surface area (Å²) in [5, 5.41) is 8.92. The predicted molar refractivity (Wildman–Crippen MR) is 75.0 cm³/mol. The van der Waals surface area contributed by atoms with E-state index in [0.29, 0.717) is 17.1 Å². The highest BCUT2D eigenvalue weighted by molar-refractivity contribution is 5.86. The van der Waals surface area contributed by atoms with Crippen LogP contribution in [-0.4, -0.2) is 13.1 Å². The number of methoxy groups -OCH3 is 1. The van der Waals surface area contributed by atoms with Gasteiger partial charge in [-0.25, -0.2) is 4.79 Å².